The van der Waals surface area contributed by atoms with Gasteiger partial charge in [-0.05, 0) is 45.5 Å². The summed E-state index contributed by atoms with van der Waals surface area (Å²) in [5.74, 6) is 0. The van der Waals surface area contributed by atoms with Gasteiger partial charge < -0.3 is 10.2 Å². The molecular formula is C16H25N3O2. The Kier molecular flexibility index (Phi) is 5.31. The van der Waals surface area contributed by atoms with Crippen molar-refractivity contribution in [2.45, 2.75) is 37.6 Å². The fourth-order valence-corrected chi connectivity index (χ4v) is 3.15. The second kappa shape index (κ2) is 7.00. The molecule has 0 aromatic heterocycles. The number of rotatable bonds is 7. The van der Waals surface area contributed by atoms with Gasteiger partial charge in [0.15, 0.2) is 0 Å². The standard InChI is InChI=1S/C16H25N3O2/c1-18(2)16(10-3-4-11-16)13-17-12-9-14-5-7-15(8-6-14)19(20)21/h5-8,17H,3-4,9-13H2,1-2H3. The molecule has 0 aliphatic heterocycles. The molecule has 1 saturated carbocycles. The van der Waals surface area contributed by atoms with Crippen molar-refractivity contribution in [3.05, 3.63) is 39.9 Å². The summed E-state index contributed by atoms with van der Waals surface area (Å²) in [4.78, 5) is 12.6. The molecule has 0 atom stereocenters. The Hall–Kier alpha value is -1.46. The molecule has 0 radical (unpaired) electrons. The molecule has 0 unspecified atom stereocenters. The lowest BCUT2D eigenvalue weighted by Crippen LogP contribution is -2.49. The molecule has 2 rings (SSSR count). The van der Waals surface area contributed by atoms with Gasteiger partial charge in [0.2, 0.25) is 0 Å². The Balaban J connectivity index is 1.77. The summed E-state index contributed by atoms with van der Waals surface area (Å²) < 4.78 is 0. The van der Waals surface area contributed by atoms with E-state index in [9.17, 15) is 10.1 Å². The first-order valence-corrected chi connectivity index (χ1v) is 7.65. The van der Waals surface area contributed by atoms with E-state index < -0.39 is 0 Å². The highest BCUT2D eigenvalue weighted by Crippen LogP contribution is 2.33. The Morgan fingerprint density at radius 2 is 1.86 bits per heavy atom. The highest BCUT2D eigenvalue weighted by molar-refractivity contribution is 5.32. The van der Waals surface area contributed by atoms with Crippen molar-refractivity contribution in [2.24, 2.45) is 0 Å². The fourth-order valence-electron chi connectivity index (χ4n) is 3.15. The van der Waals surface area contributed by atoms with Crippen LogP contribution in [-0.2, 0) is 6.42 Å². The second-order valence-corrected chi connectivity index (χ2v) is 6.18. The summed E-state index contributed by atoms with van der Waals surface area (Å²) in [5.41, 5.74) is 1.61. The van der Waals surface area contributed by atoms with Crippen LogP contribution >= 0.6 is 0 Å². The van der Waals surface area contributed by atoms with Crippen LogP contribution in [0.3, 0.4) is 0 Å². The number of hydrogen-bond donors (Lipinski definition) is 1. The molecule has 0 amide bonds. The molecule has 5 heteroatoms. The maximum Gasteiger partial charge on any atom is 0.269 e. The Bertz CT molecular complexity index is 465. The van der Waals surface area contributed by atoms with E-state index in [1.54, 1.807) is 12.1 Å². The molecule has 1 aliphatic carbocycles. The summed E-state index contributed by atoms with van der Waals surface area (Å²) in [6.07, 6.45) is 6.08. The van der Waals surface area contributed by atoms with Crippen molar-refractivity contribution in [1.29, 1.82) is 0 Å². The van der Waals surface area contributed by atoms with Gasteiger partial charge in [-0.2, -0.15) is 0 Å². The van der Waals surface area contributed by atoms with Crippen LogP contribution in [-0.4, -0.2) is 42.5 Å². The van der Waals surface area contributed by atoms with Gasteiger partial charge in [0, 0.05) is 24.2 Å². The summed E-state index contributed by atoms with van der Waals surface area (Å²) in [6, 6.07) is 6.84. The predicted molar refractivity (Wildman–Crippen MR) is 84.6 cm³/mol. The molecule has 116 valence electrons. The molecule has 1 N–H and O–H groups in total. The number of non-ortho nitro benzene ring substituents is 1. The second-order valence-electron chi connectivity index (χ2n) is 6.18. The molecule has 1 fully saturated rings. The molecular weight excluding hydrogens is 266 g/mol. The zero-order valence-electron chi connectivity index (χ0n) is 13.0. The SMILES string of the molecule is CN(C)C1(CNCCc2ccc([N+](=O)[O-])cc2)CCCC1. The van der Waals surface area contributed by atoms with Gasteiger partial charge in [0.1, 0.15) is 0 Å². The van der Waals surface area contributed by atoms with E-state index in [1.807, 2.05) is 12.1 Å². The molecule has 0 saturated heterocycles. The van der Waals surface area contributed by atoms with Crippen LogP contribution in [0.1, 0.15) is 31.2 Å². The highest BCUT2D eigenvalue weighted by atomic mass is 16.6. The van der Waals surface area contributed by atoms with Crippen molar-refractivity contribution in [3.8, 4) is 0 Å². The first kappa shape index (κ1) is 15.9. The van der Waals surface area contributed by atoms with Crippen LogP contribution in [0.5, 0.6) is 0 Å². The van der Waals surface area contributed by atoms with Crippen LogP contribution in [0.15, 0.2) is 24.3 Å². The molecule has 0 spiro atoms. The monoisotopic (exact) mass is 291 g/mol. The topological polar surface area (TPSA) is 58.4 Å². The molecule has 1 aromatic carbocycles. The van der Waals surface area contributed by atoms with Crippen LogP contribution in [0.25, 0.3) is 0 Å². The third-order valence-electron chi connectivity index (χ3n) is 4.67. The lowest BCUT2D eigenvalue weighted by Gasteiger charge is -2.36. The van der Waals surface area contributed by atoms with Gasteiger partial charge in [-0.3, -0.25) is 10.1 Å². The van der Waals surface area contributed by atoms with Gasteiger partial charge in [-0.15, -0.1) is 0 Å². The molecule has 5 nitrogen and oxygen atoms in total. The van der Waals surface area contributed by atoms with Gasteiger partial charge in [-0.25, -0.2) is 0 Å². The number of likely N-dealkylation sites (N-methyl/N-ethyl adjacent to an activating group) is 1. The summed E-state index contributed by atoms with van der Waals surface area (Å²) in [7, 11) is 4.34. The highest BCUT2D eigenvalue weighted by Gasteiger charge is 2.35. The minimum atomic E-state index is -0.358. The molecule has 0 heterocycles. The van der Waals surface area contributed by atoms with E-state index in [0.717, 1.165) is 25.1 Å². The van der Waals surface area contributed by atoms with Crippen molar-refractivity contribution >= 4 is 5.69 Å². The first-order chi connectivity index (χ1) is 10.0. The van der Waals surface area contributed by atoms with Crippen LogP contribution in [0.2, 0.25) is 0 Å². The van der Waals surface area contributed by atoms with Crippen molar-refractivity contribution in [2.75, 3.05) is 27.2 Å². The van der Waals surface area contributed by atoms with E-state index in [4.69, 9.17) is 0 Å². The van der Waals surface area contributed by atoms with Gasteiger partial charge >= 0.3 is 0 Å². The number of nitrogens with zero attached hydrogens (tertiary/aromatic N) is 2. The average Bonchev–Trinajstić information content (AvgIpc) is 2.94. The van der Waals surface area contributed by atoms with E-state index in [-0.39, 0.29) is 10.6 Å². The van der Waals surface area contributed by atoms with E-state index in [2.05, 4.69) is 24.3 Å². The number of nitrogens with one attached hydrogen (secondary N) is 1. The lowest BCUT2D eigenvalue weighted by molar-refractivity contribution is -0.384. The fraction of sp³-hybridized carbons (Fsp3) is 0.625. The van der Waals surface area contributed by atoms with Gasteiger partial charge in [0.25, 0.3) is 5.69 Å². The van der Waals surface area contributed by atoms with E-state index in [0.29, 0.717) is 5.54 Å². The third kappa shape index (κ3) is 4.02. The Morgan fingerprint density at radius 3 is 2.38 bits per heavy atom. The largest absolute Gasteiger partial charge is 0.315 e. The summed E-state index contributed by atoms with van der Waals surface area (Å²) in [5, 5.41) is 14.2. The van der Waals surface area contributed by atoms with Crippen LogP contribution in [0, 0.1) is 10.1 Å². The summed E-state index contributed by atoms with van der Waals surface area (Å²) >= 11 is 0. The third-order valence-corrected chi connectivity index (χ3v) is 4.67. The predicted octanol–water partition coefficient (Wildman–Crippen LogP) is 2.60. The normalized spacial score (nSPS) is 17.3. The van der Waals surface area contributed by atoms with Crippen LogP contribution in [0.4, 0.5) is 5.69 Å². The van der Waals surface area contributed by atoms with Gasteiger partial charge in [-0.1, -0.05) is 25.0 Å². The van der Waals surface area contributed by atoms with E-state index in [1.165, 1.54) is 25.7 Å². The van der Waals surface area contributed by atoms with Crippen molar-refractivity contribution < 1.29 is 4.92 Å². The maximum absolute atomic E-state index is 10.6. The van der Waals surface area contributed by atoms with Crippen molar-refractivity contribution in [1.82, 2.24) is 10.2 Å². The lowest BCUT2D eigenvalue weighted by atomic mass is 9.96. The maximum atomic E-state index is 10.6. The van der Waals surface area contributed by atoms with E-state index >= 15 is 0 Å². The number of nitro benzene ring substituents is 1. The minimum absolute atomic E-state index is 0.157. The smallest absolute Gasteiger partial charge is 0.269 e. The average molecular weight is 291 g/mol. The number of nitro groups is 1. The van der Waals surface area contributed by atoms with Gasteiger partial charge in [0.05, 0.1) is 4.92 Å². The Labute approximate surface area is 126 Å². The quantitative estimate of drug-likeness (QED) is 0.476. The summed E-state index contributed by atoms with van der Waals surface area (Å²) in [6.45, 7) is 1.93. The Morgan fingerprint density at radius 1 is 1.24 bits per heavy atom. The number of benzene rings is 1. The number of hydrogen-bond acceptors (Lipinski definition) is 4. The minimum Gasteiger partial charge on any atom is -0.315 e. The molecule has 0 bridgehead atoms. The molecule has 1 aliphatic rings. The molecule has 21 heavy (non-hydrogen) atoms. The van der Waals surface area contributed by atoms with Crippen molar-refractivity contribution in [3.63, 3.8) is 0 Å². The van der Waals surface area contributed by atoms with Crippen LogP contribution < -0.4 is 5.32 Å². The zero-order chi connectivity index (χ0) is 15.3. The molecule has 1 aromatic rings. The zero-order valence-corrected chi connectivity index (χ0v) is 13.0. The first-order valence-electron chi connectivity index (χ1n) is 7.65.